The Kier molecular flexibility index (Phi) is 2.97. The van der Waals surface area contributed by atoms with Gasteiger partial charge in [-0.1, -0.05) is 26.0 Å². The van der Waals surface area contributed by atoms with E-state index < -0.39 is 11.7 Å². The maximum absolute atomic E-state index is 12.9. The van der Waals surface area contributed by atoms with Gasteiger partial charge >= 0.3 is 6.18 Å². The van der Waals surface area contributed by atoms with Crippen LogP contribution in [0.5, 0.6) is 0 Å². The van der Waals surface area contributed by atoms with Crippen LogP contribution < -0.4 is 5.73 Å². The molecule has 0 spiro atoms. The minimum Gasteiger partial charge on any atom is -0.330 e. The van der Waals surface area contributed by atoms with E-state index in [1.54, 1.807) is 12.1 Å². The molecule has 100 valence electrons. The number of hydrogen-bond acceptors (Lipinski definition) is 1. The van der Waals surface area contributed by atoms with Crippen LogP contribution in [0.3, 0.4) is 0 Å². The second kappa shape index (κ2) is 3.98. The van der Waals surface area contributed by atoms with Crippen LogP contribution in [-0.2, 0) is 6.18 Å². The lowest BCUT2D eigenvalue weighted by Gasteiger charge is -2.12. The van der Waals surface area contributed by atoms with Crippen LogP contribution in [0.1, 0.15) is 36.5 Å². The molecule has 0 saturated heterocycles. The molecule has 0 radical (unpaired) electrons. The van der Waals surface area contributed by atoms with Crippen LogP contribution in [0.4, 0.5) is 13.2 Å². The summed E-state index contributed by atoms with van der Waals surface area (Å²) in [6.45, 7) is 6.13. The largest absolute Gasteiger partial charge is 0.416 e. The van der Waals surface area contributed by atoms with Crippen molar-refractivity contribution in [3.8, 4) is 0 Å². The number of hydrogen-bond donors (Lipinski definition) is 1. The lowest BCUT2D eigenvalue weighted by molar-refractivity contribution is -0.138. The monoisotopic (exact) mass is 257 g/mol. The van der Waals surface area contributed by atoms with Crippen molar-refractivity contribution in [3.05, 3.63) is 34.9 Å². The van der Waals surface area contributed by atoms with Crippen LogP contribution in [-0.4, -0.2) is 6.54 Å². The first-order valence-corrected chi connectivity index (χ1v) is 6.07. The number of aryl methyl sites for hydroxylation is 1. The third-order valence-electron chi connectivity index (χ3n) is 4.23. The normalized spacial score (nSPS) is 26.2. The zero-order chi connectivity index (χ0) is 13.7. The number of rotatable bonds is 2. The van der Waals surface area contributed by atoms with Gasteiger partial charge in [-0.3, -0.25) is 0 Å². The summed E-state index contributed by atoms with van der Waals surface area (Å²) in [6.07, 6.45) is -4.28. The molecular formula is C14H18F3N. The van der Waals surface area contributed by atoms with Crippen molar-refractivity contribution >= 4 is 0 Å². The fourth-order valence-corrected chi connectivity index (χ4v) is 2.98. The molecule has 1 saturated carbocycles. The van der Waals surface area contributed by atoms with Gasteiger partial charge in [0.2, 0.25) is 0 Å². The van der Waals surface area contributed by atoms with Gasteiger partial charge in [-0.2, -0.15) is 13.2 Å². The van der Waals surface area contributed by atoms with Crippen molar-refractivity contribution in [2.24, 2.45) is 17.1 Å². The molecule has 2 N–H and O–H groups in total. The highest BCUT2D eigenvalue weighted by Crippen LogP contribution is 2.64. The van der Waals surface area contributed by atoms with E-state index in [4.69, 9.17) is 5.73 Å². The summed E-state index contributed by atoms with van der Waals surface area (Å²) in [5, 5.41) is 0. The third-order valence-corrected chi connectivity index (χ3v) is 4.23. The molecule has 1 nitrogen and oxygen atoms in total. The van der Waals surface area contributed by atoms with Crippen molar-refractivity contribution in [2.75, 3.05) is 6.54 Å². The van der Waals surface area contributed by atoms with Crippen LogP contribution in [0, 0.1) is 18.3 Å². The molecule has 4 heteroatoms. The standard InChI is InChI=1S/C14H18F3N/c1-8-4-5-9(6-10(8)14(15,16)17)12-11(7-18)13(12,2)3/h4-6,11-12H,7,18H2,1-3H3/t11-,12-/m0/s1. The van der Waals surface area contributed by atoms with Crippen LogP contribution in [0.25, 0.3) is 0 Å². The minimum absolute atomic E-state index is 0.00682. The first-order valence-electron chi connectivity index (χ1n) is 6.07. The molecule has 0 unspecified atom stereocenters. The van der Waals surface area contributed by atoms with Gasteiger partial charge in [0.05, 0.1) is 5.56 Å². The average Bonchev–Trinajstić information content (AvgIpc) is 2.79. The van der Waals surface area contributed by atoms with Gasteiger partial charge in [-0.05, 0) is 47.9 Å². The Morgan fingerprint density at radius 1 is 1.28 bits per heavy atom. The van der Waals surface area contributed by atoms with Gasteiger partial charge in [-0.15, -0.1) is 0 Å². The Balaban J connectivity index is 2.38. The van der Waals surface area contributed by atoms with Crippen LogP contribution >= 0.6 is 0 Å². The van der Waals surface area contributed by atoms with Crippen molar-refractivity contribution in [2.45, 2.75) is 32.9 Å². The molecule has 1 aromatic rings. The summed E-state index contributed by atoms with van der Waals surface area (Å²) in [6, 6.07) is 4.64. The third kappa shape index (κ3) is 2.03. The summed E-state index contributed by atoms with van der Waals surface area (Å²) in [5.74, 6) is 0.422. The van der Waals surface area contributed by atoms with Gasteiger partial charge in [0.25, 0.3) is 0 Å². The number of benzene rings is 1. The van der Waals surface area contributed by atoms with Gasteiger partial charge < -0.3 is 5.73 Å². The quantitative estimate of drug-likeness (QED) is 0.858. The summed E-state index contributed by atoms with van der Waals surface area (Å²) >= 11 is 0. The molecule has 18 heavy (non-hydrogen) atoms. The second-order valence-electron chi connectivity index (χ2n) is 5.71. The molecule has 0 heterocycles. The zero-order valence-corrected chi connectivity index (χ0v) is 10.8. The molecule has 1 aliphatic carbocycles. The predicted molar refractivity (Wildman–Crippen MR) is 65.2 cm³/mol. The first-order chi connectivity index (χ1) is 8.19. The SMILES string of the molecule is Cc1ccc([C@H]2[C@H](CN)C2(C)C)cc1C(F)(F)F. The van der Waals surface area contributed by atoms with Crippen molar-refractivity contribution in [1.29, 1.82) is 0 Å². The first kappa shape index (κ1) is 13.4. The fraction of sp³-hybridized carbons (Fsp3) is 0.571. The van der Waals surface area contributed by atoms with E-state index in [0.717, 1.165) is 5.56 Å². The average molecular weight is 257 g/mol. The van der Waals surface area contributed by atoms with Crippen LogP contribution in [0.2, 0.25) is 0 Å². The molecule has 0 aromatic heterocycles. The number of nitrogens with two attached hydrogens (primary N) is 1. The van der Waals surface area contributed by atoms with Crippen LogP contribution in [0.15, 0.2) is 18.2 Å². The van der Waals surface area contributed by atoms with Gasteiger partial charge in [0.1, 0.15) is 0 Å². The Labute approximate surface area is 105 Å². The molecule has 2 rings (SSSR count). The van der Waals surface area contributed by atoms with Gasteiger partial charge in [-0.25, -0.2) is 0 Å². The second-order valence-corrected chi connectivity index (χ2v) is 5.71. The maximum Gasteiger partial charge on any atom is 0.416 e. The van der Waals surface area contributed by atoms with E-state index in [1.165, 1.54) is 13.0 Å². The maximum atomic E-state index is 12.9. The fourth-order valence-electron chi connectivity index (χ4n) is 2.98. The van der Waals surface area contributed by atoms with Gasteiger partial charge in [0.15, 0.2) is 0 Å². The van der Waals surface area contributed by atoms with Crippen molar-refractivity contribution in [1.82, 2.24) is 0 Å². The Morgan fingerprint density at radius 2 is 1.89 bits per heavy atom. The molecule has 0 aliphatic heterocycles. The number of halogens is 3. The zero-order valence-electron chi connectivity index (χ0n) is 10.8. The molecular weight excluding hydrogens is 239 g/mol. The van der Waals surface area contributed by atoms with E-state index in [1.807, 2.05) is 0 Å². The van der Waals surface area contributed by atoms with E-state index in [2.05, 4.69) is 13.8 Å². The lowest BCUT2D eigenvalue weighted by Crippen LogP contribution is -2.08. The highest BCUT2D eigenvalue weighted by Gasteiger charge is 2.57. The van der Waals surface area contributed by atoms with E-state index in [-0.39, 0.29) is 22.8 Å². The van der Waals surface area contributed by atoms with E-state index in [9.17, 15) is 13.2 Å². The Hall–Kier alpha value is -1.03. The summed E-state index contributed by atoms with van der Waals surface area (Å²) < 4.78 is 38.6. The van der Waals surface area contributed by atoms with Crippen molar-refractivity contribution in [3.63, 3.8) is 0 Å². The minimum atomic E-state index is -4.28. The highest BCUT2D eigenvalue weighted by molar-refractivity contribution is 5.39. The predicted octanol–water partition coefficient (Wildman–Crippen LogP) is 3.71. The molecule has 1 aromatic carbocycles. The summed E-state index contributed by atoms with van der Waals surface area (Å²) in [7, 11) is 0. The molecule has 1 fully saturated rings. The Morgan fingerprint density at radius 3 is 2.33 bits per heavy atom. The van der Waals surface area contributed by atoms with E-state index >= 15 is 0 Å². The lowest BCUT2D eigenvalue weighted by atomic mass is 9.98. The van der Waals surface area contributed by atoms with E-state index in [0.29, 0.717) is 6.54 Å². The van der Waals surface area contributed by atoms with Crippen molar-refractivity contribution < 1.29 is 13.2 Å². The molecule has 2 atom stereocenters. The summed E-state index contributed by atoms with van der Waals surface area (Å²) in [4.78, 5) is 0. The molecule has 0 bridgehead atoms. The smallest absolute Gasteiger partial charge is 0.330 e. The Bertz CT molecular complexity index is 463. The van der Waals surface area contributed by atoms with Gasteiger partial charge in [0, 0.05) is 0 Å². The number of alkyl halides is 3. The highest BCUT2D eigenvalue weighted by atomic mass is 19.4. The molecule has 0 amide bonds. The molecule has 1 aliphatic rings. The topological polar surface area (TPSA) is 26.0 Å². The summed E-state index contributed by atoms with van der Waals surface area (Å²) in [5.41, 5.74) is 6.18.